The highest BCUT2D eigenvalue weighted by atomic mass is 35.5. The van der Waals surface area contributed by atoms with E-state index in [0.29, 0.717) is 45.3 Å². The van der Waals surface area contributed by atoms with Crippen molar-refractivity contribution in [1.29, 1.82) is 0 Å². The molecule has 1 aliphatic rings. The van der Waals surface area contributed by atoms with Crippen LogP contribution >= 0.6 is 22.9 Å². The van der Waals surface area contributed by atoms with E-state index in [-0.39, 0.29) is 11.7 Å². The van der Waals surface area contributed by atoms with Gasteiger partial charge < -0.3 is 25.4 Å². The summed E-state index contributed by atoms with van der Waals surface area (Å²) >= 11 is 7.51. The summed E-state index contributed by atoms with van der Waals surface area (Å²) in [6, 6.07) is 7.03. The number of anilines is 4. The van der Waals surface area contributed by atoms with Crippen molar-refractivity contribution in [3.63, 3.8) is 0 Å². The van der Waals surface area contributed by atoms with Gasteiger partial charge in [0, 0.05) is 18.7 Å². The molecule has 3 heterocycles. The Bertz CT molecular complexity index is 1110. The van der Waals surface area contributed by atoms with Crippen LogP contribution in [0.15, 0.2) is 30.5 Å². The van der Waals surface area contributed by atoms with Gasteiger partial charge in [0.25, 0.3) is 5.91 Å². The first kappa shape index (κ1) is 21.4. The minimum Gasteiger partial charge on any atom is -0.508 e. The Morgan fingerprint density at radius 3 is 2.77 bits per heavy atom. The zero-order chi connectivity index (χ0) is 22.0. The fraction of sp³-hybridized carbons (Fsp3) is 0.286. The number of morpholine rings is 1. The van der Waals surface area contributed by atoms with Gasteiger partial charge in [0.05, 0.1) is 30.1 Å². The highest BCUT2D eigenvalue weighted by molar-refractivity contribution is 7.17. The molecule has 8 nitrogen and oxygen atoms in total. The summed E-state index contributed by atoms with van der Waals surface area (Å²) in [5, 5.41) is 16.9. The lowest BCUT2D eigenvalue weighted by molar-refractivity contribution is 0.103. The van der Waals surface area contributed by atoms with Crippen molar-refractivity contribution in [1.82, 2.24) is 9.97 Å². The summed E-state index contributed by atoms with van der Waals surface area (Å²) in [5.41, 5.74) is 2.07. The van der Waals surface area contributed by atoms with Crippen LogP contribution in [0.1, 0.15) is 20.8 Å². The molecule has 1 amide bonds. The number of halogens is 1. The van der Waals surface area contributed by atoms with Crippen molar-refractivity contribution in [2.24, 2.45) is 0 Å². The van der Waals surface area contributed by atoms with E-state index in [1.807, 2.05) is 13.0 Å². The smallest absolute Gasteiger partial charge is 0.267 e. The predicted molar refractivity (Wildman–Crippen MR) is 123 cm³/mol. The third-order valence-electron chi connectivity index (χ3n) is 5.00. The fourth-order valence-corrected chi connectivity index (χ4v) is 4.09. The van der Waals surface area contributed by atoms with E-state index in [1.54, 1.807) is 25.1 Å². The van der Waals surface area contributed by atoms with Gasteiger partial charge in [-0.05, 0) is 37.6 Å². The Balaban J connectivity index is 1.49. The van der Waals surface area contributed by atoms with Gasteiger partial charge in [-0.1, -0.05) is 29.0 Å². The number of ether oxygens (including phenoxy) is 1. The Kier molecular flexibility index (Phi) is 6.26. The molecule has 1 saturated heterocycles. The van der Waals surface area contributed by atoms with E-state index >= 15 is 0 Å². The molecule has 0 saturated carbocycles. The van der Waals surface area contributed by atoms with Crippen LogP contribution in [0.2, 0.25) is 5.02 Å². The van der Waals surface area contributed by atoms with Gasteiger partial charge in [-0.25, -0.2) is 9.97 Å². The number of benzene rings is 1. The largest absolute Gasteiger partial charge is 0.508 e. The molecule has 1 aliphatic heterocycles. The van der Waals surface area contributed by atoms with Gasteiger partial charge in [-0.2, -0.15) is 0 Å². The number of phenolic OH excluding ortho intramolecular Hbond substituents is 1. The molecule has 0 bridgehead atoms. The zero-order valence-corrected chi connectivity index (χ0v) is 18.7. The summed E-state index contributed by atoms with van der Waals surface area (Å²) in [6.45, 7) is 6.49. The maximum atomic E-state index is 12.7. The lowest BCUT2D eigenvalue weighted by atomic mass is 10.1. The first-order valence-corrected chi connectivity index (χ1v) is 10.9. The Hall–Kier alpha value is -2.88. The number of hydrogen-bond donors (Lipinski definition) is 3. The maximum Gasteiger partial charge on any atom is 0.267 e. The number of pyridine rings is 1. The molecule has 10 heteroatoms. The van der Waals surface area contributed by atoms with Crippen LogP contribution in [0.3, 0.4) is 0 Å². The number of carbonyl (C=O) groups is 1. The van der Waals surface area contributed by atoms with E-state index in [1.165, 1.54) is 17.5 Å². The molecular formula is C21H22ClN5O3S. The van der Waals surface area contributed by atoms with Crippen LogP contribution in [0.4, 0.5) is 22.5 Å². The van der Waals surface area contributed by atoms with Gasteiger partial charge in [0.1, 0.15) is 16.4 Å². The Morgan fingerprint density at radius 2 is 2.00 bits per heavy atom. The minimum absolute atomic E-state index is 0.133. The standard InChI is InChI=1S/C21H22ClN5O3S/c1-12-3-5-15(28)13(2)18(12)25-20(29)16-11-23-21(31-16)26-19-14(22)4-6-17(24-19)27-7-9-30-10-8-27/h3-6,11,28H,7-10H2,1-2H3,(H,25,29)(H,23,24,26). The number of nitrogens with one attached hydrogen (secondary N) is 2. The summed E-state index contributed by atoms with van der Waals surface area (Å²) in [4.78, 5) is 24.2. The van der Waals surface area contributed by atoms with Crippen LogP contribution < -0.4 is 15.5 Å². The summed E-state index contributed by atoms with van der Waals surface area (Å²) in [6.07, 6.45) is 1.50. The summed E-state index contributed by atoms with van der Waals surface area (Å²) in [7, 11) is 0. The lowest BCUT2D eigenvalue weighted by Crippen LogP contribution is -2.36. The summed E-state index contributed by atoms with van der Waals surface area (Å²) < 4.78 is 5.39. The van der Waals surface area contributed by atoms with Crippen LogP contribution in [0, 0.1) is 13.8 Å². The van der Waals surface area contributed by atoms with Crippen molar-refractivity contribution in [2.45, 2.75) is 13.8 Å². The number of aryl methyl sites for hydroxylation is 1. The average molecular weight is 460 g/mol. The van der Waals surface area contributed by atoms with E-state index in [4.69, 9.17) is 16.3 Å². The van der Waals surface area contributed by atoms with Gasteiger partial charge in [-0.3, -0.25) is 4.79 Å². The number of thiazole rings is 1. The summed E-state index contributed by atoms with van der Waals surface area (Å²) in [5.74, 6) is 1.11. The highest BCUT2D eigenvalue weighted by Crippen LogP contribution is 2.31. The van der Waals surface area contributed by atoms with Crippen molar-refractivity contribution < 1.29 is 14.6 Å². The number of nitrogens with zero attached hydrogens (tertiary/aromatic N) is 3. The van der Waals surface area contributed by atoms with E-state index in [0.717, 1.165) is 24.5 Å². The molecule has 3 aromatic rings. The molecule has 0 atom stereocenters. The molecular weight excluding hydrogens is 438 g/mol. The molecule has 1 aromatic carbocycles. The van der Waals surface area contributed by atoms with Gasteiger partial charge in [0.15, 0.2) is 10.9 Å². The highest BCUT2D eigenvalue weighted by Gasteiger charge is 2.17. The molecule has 4 rings (SSSR count). The van der Waals surface area contributed by atoms with Crippen LogP contribution in [-0.2, 0) is 4.74 Å². The van der Waals surface area contributed by atoms with Crippen LogP contribution in [-0.4, -0.2) is 47.3 Å². The average Bonchev–Trinajstić information content (AvgIpc) is 3.25. The molecule has 162 valence electrons. The second-order valence-corrected chi connectivity index (χ2v) is 8.55. The number of aromatic hydroxyl groups is 1. The van der Waals surface area contributed by atoms with E-state index in [2.05, 4.69) is 25.5 Å². The van der Waals surface area contributed by atoms with Crippen molar-refractivity contribution in [3.05, 3.63) is 51.5 Å². The van der Waals surface area contributed by atoms with E-state index < -0.39 is 0 Å². The number of aromatic nitrogens is 2. The van der Waals surface area contributed by atoms with Gasteiger partial charge >= 0.3 is 0 Å². The molecule has 31 heavy (non-hydrogen) atoms. The number of phenols is 1. The topological polar surface area (TPSA) is 99.6 Å². The first-order valence-electron chi connectivity index (χ1n) is 9.75. The fourth-order valence-electron chi connectivity index (χ4n) is 3.23. The number of carbonyl (C=O) groups excluding carboxylic acids is 1. The zero-order valence-electron chi connectivity index (χ0n) is 17.1. The van der Waals surface area contributed by atoms with Crippen molar-refractivity contribution in [2.75, 3.05) is 41.8 Å². The van der Waals surface area contributed by atoms with Crippen molar-refractivity contribution >= 4 is 51.3 Å². The number of rotatable bonds is 5. The quantitative estimate of drug-likeness (QED) is 0.521. The van der Waals surface area contributed by atoms with Crippen LogP contribution in [0.25, 0.3) is 0 Å². The molecule has 0 radical (unpaired) electrons. The molecule has 3 N–H and O–H groups in total. The molecule has 0 aliphatic carbocycles. The molecule has 2 aromatic heterocycles. The minimum atomic E-state index is -0.302. The Labute approximate surface area is 188 Å². The molecule has 0 unspecified atom stereocenters. The Morgan fingerprint density at radius 1 is 1.23 bits per heavy atom. The monoisotopic (exact) mass is 459 g/mol. The predicted octanol–water partition coefficient (Wildman–Crippen LogP) is 4.35. The number of amides is 1. The second-order valence-electron chi connectivity index (χ2n) is 7.11. The van der Waals surface area contributed by atoms with Crippen LogP contribution in [0.5, 0.6) is 5.75 Å². The second kappa shape index (κ2) is 9.09. The van der Waals surface area contributed by atoms with Gasteiger partial charge in [-0.15, -0.1) is 0 Å². The lowest BCUT2D eigenvalue weighted by Gasteiger charge is -2.28. The maximum absolute atomic E-state index is 12.7. The van der Waals surface area contributed by atoms with Crippen molar-refractivity contribution in [3.8, 4) is 5.75 Å². The van der Waals surface area contributed by atoms with Gasteiger partial charge in [0.2, 0.25) is 0 Å². The molecule has 0 spiro atoms. The molecule has 1 fully saturated rings. The van der Waals surface area contributed by atoms with E-state index in [9.17, 15) is 9.90 Å². The normalized spacial score (nSPS) is 13.8. The SMILES string of the molecule is Cc1ccc(O)c(C)c1NC(=O)c1cnc(Nc2nc(N3CCOCC3)ccc2Cl)s1. The third-order valence-corrected chi connectivity index (χ3v) is 6.22. The third kappa shape index (κ3) is 4.73. The number of hydrogen-bond acceptors (Lipinski definition) is 8. The first-order chi connectivity index (χ1) is 14.9.